The number of hydrogen-bond donors (Lipinski definition) is 2. The molecule has 8 nitrogen and oxygen atoms in total. The Hall–Kier alpha value is -3.98. The number of methoxy groups -OCH3 is 1. The first-order valence-electron chi connectivity index (χ1n) is 10.6. The van der Waals surface area contributed by atoms with E-state index in [0.717, 1.165) is 11.1 Å². The van der Waals surface area contributed by atoms with Crippen LogP contribution in [0.2, 0.25) is 0 Å². The van der Waals surface area contributed by atoms with Gasteiger partial charge in [0.15, 0.2) is 11.5 Å². The first-order valence-corrected chi connectivity index (χ1v) is 11.4. The van der Waals surface area contributed by atoms with Crippen molar-refractivity contribution in [1.82, 2.24) is 5.43 Å². The minimum Gasteiger partial charge on any atom is -0.493 e. The molecule has 0 bridgehead atoms. The average molecular weight is 538 g/mol. The molecule has 0 unspecified atom stereocenters. The molecule has 0 aliphatic heterocycles. The molecule has 9 heteroatoms. The monoisotopic (exact) mass is 537 g/mol. The highest BCUT2D eigenvalue weighted by Crippen LogP contribution is 2.30. The lowest BCUT2D eigenvalue weighted by molar-refractivity contribution is -0.136. The van der Waals surface area contributed by atoms with E-state index in [1.54, 1.807) is 55.5 Å². The summed E-state index contributed by atoms with van der Waals surface area (Å²) in [6.07, 6.45) is 0. The molecule has 0 aliphatic rings. The number of ether oxygens (including phenoxy) is 2. The van der Waals surface area contributed by atoms with Crippen LogP contribution >= 0.6 is 15.9 Å². The van der Waals surface area contributed by atoms with Crippen molar-refractivity contribution in [1.29, 1.82) is 0 Å². The topological polar surface area (TPSA) is 106 Å². The lowest BCUT2D eigenvalue weighted by Gasteiger charge is -2.12. The third-order valence-corrected chi connectivity index (χ3v) is 5.74. The normalized spacial score (nSPS) is 10.9. The molecular weight excluding hydrogens is 514 g/mol. The minimum atomic E-state index is -0.906. The van der Waals surface area contributed by atoms with Gasteiger partial charge in [0.2, 0.25) is 0 Å². The van der Waals surface area contributed by atoms with Crippen LogP contribution in [0.3, 0.4) is 0 Å². The molecule has 0 aromatic heterocycles. The number of nitrogens with zero attached hydrogens (tertiary/aromatic N) is 1. The van der Waals surface area contributed by atoms with Gasteiger partial charge >= 0.3 is 17.8 Å². The zero-order valence-electron chi connectivity index (χ0n) is 19.6. The van der Waals surface area contributed by atoms with E-state index in [1.165, 1.54) is 7.11 Å². The number of nitrogens with one attached hydrogen (secondary N) is 2. The molecule has 0 saturated carbocycles. The molecular formula is C26H24BrN3O5. The van der Waals surface area contributed by atoms with Gasteiger partial charge in [0.05, 0.1) is 18.4 Å². The van der Waals surface area contributed by atoms with Crippen molar-refractivity contribution in [2.45, 2.75) is 20.8 Å². The Balaban J connectivity index is 1.69. The van der Waals surface area contributed by atoms with Crippen molar-refractivity contribution in [3.05, 3.63) is 87.4 Å². The maximum absolute atomic E-state index is 12.5. The molecule has 0 spiro atoms. The Kier molecular flexibility index (Phi) is 8.38. The number of benzene rings is 3. The fraction of sp³-hybridized carbons (Fsp3) is 0.154. The number of anilines is 1. The lowest BCUT2D eigenvalue weighted by atomic mass is 10.1. The summed E-state index contributed by atoms with van der Waals surface area (Å²) in [7, 11) is 1.45. The van der Waals surface area contributed by atoms with E-state index in [0.29, 0.717) is 32.7 Å². The summed E-state index contributed by atoms with van der Waals surface area (Å²) < 4.78 is 11.5. The molecule has 3 aromatic rings. The number of hydrogen-bond acceptors (Lipinski definition) is 6. The maximum Gasteiger partial charge on any atom is 0.344 e. The standard InChI is InChI=1S/C26H24BrN3O5/c1-15-9-10-16(2)21(13-15)28-24(31)25(32)30-29-17(3)18-11-12-22(23(14-18)34-4)35-26(33)19-7-5-6-8-20(19)27/h5-14H,1-4H3,(H,28,31)(H,30,32)/b29-17+. The number of halogens is 1. The van der Waals surface area contributed by atoms with Gasteiger partial charge in [0, 0.05) is 15.7 Å². The Morgan fingerprint density at radius 3 is 2.37 bits per heavy atom. The Bertz CT molecular complexity index is 1320. The number of amides is 2. The van der Waals surface area contributed by atoms with Crippen molar-refractivity contribution >= 4 is 45.1 Å². The van der Waals surface area contributed by atoms with Crippen LogP contribution in [0.15, 0.2) is 70.2 Å². The molecule has 0 saturated heterocycles. The molecule has 35 heavy (non-hydrogen) atoms. The van der Waals surface area contributed by atoms with Crippen LogP contribution < -0.4 is 20.2 Å². The van der Waals surface area contributed by atoms with Gasteiger partial charge in [-0.05, 0) is 84.2 Å². The molecule has 0 radical (unpaired) electrons. The van der Waals surface area contributed by atoms with Crippen molar-refractivity contribution < 1.29 is 23.9 Å². The van der Waals surface area contributed by atoms with Gasteiger partial charge < -0.3 is 14.8 Å². The van der Waals surface area contributed by atoms with Crippen LogP contribution in [0.1, 0.15) is 34.0 Å². The number of aryl methyl sites for hydroxylation is 2. The number of carbonyl (C=O) groups excluding carboxylic acids is 3. The number of esters is 1. The molecule has 0 atom stereocenters. The largest absolute Gasteiger partial charge is 0.493 e. The highest BCUT2D eigenvalue weighted by atomic mass is 79.9. The molecule has 0 fully saturated rings. The van der Waals surface area contributed by atoms with Gasteiger partial charge in [-0.1, -0.05) is 24.3 Å². The van der Waals surface area contributed by atoms with E-state index in [1.807, 2.05) is 26.0 Å². The summed E-state index contributed by atoms with van der Waals surface area (Å²) in [5.41, 5.74) is 5.99. The molecule has 180 valence electrons. The third kappa shape index (κ3) is 6.54. The smallest absolute Gasteiger partial charge is 0.344 e. The SMILES string of the molecule is COc1cc(/C(C)=N/NC(=O)C(=O)Nc2cc(C)ccc2C)ccc1OC(=O)c1ccccc1Br. The maximum atomic E-state index is 12.5. The predicted octanol–water partition coefficient (Wildman–Crippen LogP) is 4.77. The second kappa shape index (κ2) is 11.4. The van der Waals surface area contributed by atoms with Crippen LogP contribution in [0, 0.1) is 13.8 Å². The highest BCUT2D eigenvalue weighted by molar-refractivity contribution is 9.10. The molecule has 2 N–H and O–H groups in total. The van der Waals surface area contributed by atoms with E-state index < -0.39 is 17.8 Å². The average Bonchev–Trinajstić information content (AvgIpc) is 2.84. The summed E-state index contributed by atoms with van der Waals surface area (Å²) in [6, 6.07) is 17.3. The first-order chi connectivity index (χ1) is 16.7. The van der Waals surface area contributed by atoms with Crippen molar-refractivity contribution in [2.75, 3.05) is 12.4 Å². The zero-order valence-corrected chi connectivity index (χ0v) is 21.2. The van der Waals surface area contributed by atoms with Crippen molar-refractivity contribution in [3.8, 4) is 11.5 Å². The Morgan fingerprint density at radius 1 is 0.914 bits per heavy atom. The van der Waals surface area contributed by atoms with Crippen LogP contribution in [-0.4, -0.2) is 30.6 Å². The molecule has 2 amide bonds. The summed E-state index contributed by atoms with van der Waals surface area (Å²) in [5, 5.41) is 6.59. The second-order valence-electron chi connectivity index (χ2n) is 7.65. The van der Waals surface area contributed by atoms with Crippen LogP contribution in [0.5, 0.6) is 11.5 Å². The molecule has 3 aromatic carbocycles. The van der Waals surface area contributed by atoms with E-state index >= 15 is 0 Å². The third-order valence-electron chi connectivity index (χ3n) is 5.05. The molecule has 3 rings (SSSR count). The van der Waals surface area contributed by atoms with Gasteiger partial charge in [-0.3, -0.25) is 9.59 Å². The van der Waals surface area contributed by atoms with E-state index in [2.05, 4.69) is 31.8 Å². The molecule has 0 heterocycles. The fourth-order valence-electron chi connectivity index (χ4n) is 3.06. The van der Waals surface area contributed by atoms with Gasteiger partial charge in [-0.25, -0.2) is 10.2 Å². The van der Waals surface area contributed by atoms with Crippen LogP contribution in [0.4, 0.5) is 5.69 Å². The summed E-state index contributed by atoms with van der Waals surface area (Å²) in [5.74, 6) is -1.76. The van der Waals surface area contributed by atoms with E-state index in [4.69, 9.17) is 9.47 Å². The Morgan fingerprint density at radius 2 is 1.66 bits per heavy atom. The zero-order chi connectivity index (χ0) is 25.5. The predicted molar refractivity (Wildman–Crippen MR) is 137 cm³/mol. The number of hydrazone groups is 1. The van der Waals surface area contributed by atoms with Gasteiger partial charge in [-0.2, -0.15) is 5.10 Å². The van der Waals surface area contributed by atoms with Gasteiger partial charge in [0.25, 0.3) is 0 Å². The summed E-state index contributed by atoms with van der Waals surface area (Å²) in [6.45, 7) is 5.39. The lowest BCUT2D eigenvalue weighted by Crippen LogP contribution is -2.33. The van der Waals surface area contributed by atoms with Gasteiger partial charge in [-0.15, -0.1) is 0 Å². The first kappa shape index (κ1) is 25.6. The summed E-state index contributed by atoms with van der Waals surface area (Å²) in [4.78, 5) is 37.0. The van der Waals surface area contributed by atoms with Crippen molar-refractivity contribution in [2.24, 2.45) is 5.10 Å². The van der Waals surface area contributed by atoms with Crippen LogP contribution in [0.25, 0.3) is 0 Å². The van der Waals surface area contributed by atoms with Crippen LogP contribution in [-0.2, 0) is 9.59 Å². The number of rotatable bonds is 6. The molecule has 0 aliphatic carbocycles. The fourth-order valence-corrected chi connectivity index (χ4v) is 3.50. The highest BCUT2D eigenvalue weighted by Gasteiger charge is 2.17. The second-order valence-corrected chi connectivity index (χ2v) is 8.50. The minimum absolute atomic E-state index is 0.224. The van der Waals surface area contributed by atoms with E-state index in [9.17, 15) is 14.4 Å². The van der Waals surface area contributed by atoms with E-state index in [-0.39, 0.29) is 5.75 Å². The van der Waals surface area contributed by atoms with Crippen molar-refractivity contribution in [3.63, 3.8) is 0 Å². The Labute approximate surface area is 211 Å². The number of carbonyl (C=O) groups is 3. The quantitative estimate of drug-likeness (QED) is 0.155. The van der Waals surface area contributed by atoms with Gasteiger partial charge in [0.1, 0.15) is 0 Å². The summed E-state index contributed by atoms with van der Waals surface area (Å²) >= 11 is 3.33.